The van der Waals surface area contributed by atoms with Gasteiger partial charge in [-0.1, -0.05) is 54.6 Å². The van der Waals surface area contributed by atoms with Crippen molar-refractivity contribution in [3.63, 3.8) is 0 Å². The third-order valence-electron chi connectivity index (χ3n) is 4.53. The highest BCUT2D eigenvalue weighted by atomic mass is 16.1. The number of fused-ring (bicyclic) bond motifs is 1. The maximum Gasteiger partial charge on any atom is 0.187 e. The zero-order chi connectivity index (χ0) is 14.3. The van der Waals surface area contributed by atoms with Crippen LogP contribution in [0.15, 0.2) is 60.7 Å². The highest BCUT2D eigenvalue weighted by molar-refractivity contribution is 6.13. The molecule has 1 saturated heterocycles. The molecule has 1 unspecified atom stereocenters. The summed E-state index contributed by atoms with van der Waals surface area (Å²) in [6.45, 7) is 0.909. The first-order chi connectivity index (χ1) is 10.3. The van der Waals surface area contributed by atoms with Crippen LogP contribution in [0.3, 0.4) is 0 Å². The topological polar surface area (TPSA) is 29.1 Å². The van der Waals surface area contributed by atoms with E-state index in [2.05, 4.69) is 23.5 Å². The molecule has 1 aliphatic heterocycles. The summed E-state index contributed by atoms with van der Waals surface area (Å²) in [6, 6.07) is 18.3. The van der Waals surface area contributed by atoms with Gasteiger partial charge in [0, 0.05) is 5.56 Å². The highest BCUT2D eigenvalue weighted by Crippen LogP contribution is 2.39. The summed E-state index contributed by atoms with van der Waals surface area (Å²) >= 11 is 0. The van der Waals surface area contributed by atoms with Crippen LogP contribution >= 0.6 is 0 Å². The van der Waals surface area contributed by atoms with Gasteiger partial charge in [-0.2, -0.15) is 0 Å². The second-order valence-electron chi connectivity index (χ2n) is 5.80. The normalized spacial score (nSPS) is 24.0. The molecule has 0 aromatic heterocycles. The van der Waals surface area contributed by atoms with E-state index in [4.69, 9.17) is 0 Å². The standard InChI is InChI=1S/C19H17NO/c21-18-16-10-5-4-9-15(16)17(14-7-2-1-3-8-14)13-19(18)11-6-12-20-19/h1-5,7-10,13,20H,6,11-12H2. The molecule has 1 spiro atoms. The largest absolute Gasteiger partial charge is 0.301 e. The molecule has 0 saturated carbocycles. The number of hydrogen-bond acceptors (Lipinski definition) is 2. The van der Waals surface area contributed by atoms with E-state index in [1.807, 2.05) is 42.5 Å². The molecule has 0 amide bonds. The van der Waals surface area contributed by atoms with E-state index in [0.717, 1.165) is 30.5 Å². The van der Waals surface area contributed by atoms with E-state index in [0.29, 0.717) is 0 Å². The minimum Gasteiger partial charge on any atom is -0.301 e. The molecule has 4 rings (SSSR count). The van der Waals surface area contributed by atoms with Crippen LogP contribution in [0.2, 0.25) is 0 Å². The van der Waals surface area contributed by atoms with Crippen molar-refractivity contribution in [2.24, 2.45) is 0 Å². The second kappa shape index (κ2) is 4.68. The van der Waals surface area contributed by atoms with Gasteiger partial charge in [0.05, 0.1) is 0 Å². The van der Waals surface area contributed by atoms with Crippen LogP contribution in [0.25, 0.3) is 5.57 Å². The van der Waals surface area contributed by atoms with Crippen molar-refractivity contribution in [1.82, 2.24) is 5.32 Å². The number of carbonyl (C=O) groups is 1. The summed E-state index contributed by atoms with van der Waals surface area (Å²) in [5, 5.41) is 3.44. The van der Waals surface area contributed by atoms with E-state index in [1.54, 1.807) is 0 Å². The number of carbonyl (C=O) groups excluding carboxylic acids is 1. The molecular weight excluding hydrogens is 258 g/mol. The highest BCUT2D eigenvalue weighted by Gasteiger charge is 2.43. The molecule has 0 bridgehead atoms. The number of rotatable bonds is 1. The van der Waals surface area contributed by atoms with Gasteiger partial charge >= 0.3 is 0 Å². The van der Waals surface area contributed by atoms with Gasteiger partial charge in [0.25, 0.3) is 0 Å². The van der Waals surface area contributed by atoms with Crippen LogP contribution in [0.1, 0.15) is 34.3 Å². The summed E-state index contributed by atoms with van der Waals surface area (Å²) < 4.78 is 0. The van der Waals surface area contributed by atoms with Crippen LogP contribution < -0.4 is 5.32 Å². The molecule has 2 aromatic carbocycles. The smallest absolute Gasteiger partial charge is 0.187 e. The van der Waals surface area contributed by atoms with Crippen molar-refractivity contribution in [3.8, 4) is 0 Å². The fourth-order valence-electron chi connectivity index (χ4n) is 3.49. The summed E-state index contributed by atoms with van der Waals surface area (Å²) in [5.41, 5.74) is 3.73. The van der Waals surface area contributed by atoms with Crippen LogP contribution in [-0.2, 0) is 0 Å². The van der Waals surface area contributed by atoms with Gasteiger partial charge in [-0.15, -0.1) is 0 Å². The van der Waals surface area contributed by atoms with Crippen molar-refractivity contribution in [3.05, 3.63) is 77.4 Å². The van der Waals surface area contributed by atoms with Gasteiger partial charge in [-0.05, 0) is 42.2 Å². The Balaban J connectivity index is 1.96. The average molecular weight is 275 g/mol. The lowest BCUT2D eigenvalue weighted by atomic mass is 9.76. The van der Waals surface area contributed by atoms with Crippen LogP contribution in [0.5, 0.6) is 0 Å². The maximum atomic E-state index is 12.9. The Bertz CT molecular complexity index is 724. The Morgan fingerprint density at radius 1 is 0.905 bits per heavy atom. The first-order valence-corrected chi connectivity index (χ1v) is 7.48. The Hall–Kier alpha value is -2.19. The van der Waals surface area contributed by atoms with Crippen LogP contribution in [0, 0.1) is 0 Å². The quantitative estimate of drug-likeness (QED) is 0.864. The monoisotopic (exact) mass is 275 g/mol. The minimum atomic E-state index is -0.500. The first-order valence-electron chi connectivity index (χ1n) is 7.48. The predicted octanol–water partition coefficient (Wildman–Crippen LogP) is 3.44. The predicted molar refractivity (Wildman–Crippen MR) is 84.3 cm³/mol. The van der Waals surface area contributed by atoms with E-state index in [9.17, 15) is 4.79 Å². The molecule has 1 atom stereocenters. The third-order valence-corrected chi connectivity index (χ3v) is 4.53. The third kappa shape index (κ3) is 1.87. The SMILES string of the molecule is O=C1c2ccccc2C(c2ccccc2)=CC12CCCN2. The van der Waals surface area contributed by atoms with E-state index >= 15 is 0 Å². The fraction of sp³-hybridized carbons (Fsp3) is 0.211. The van der Waals surface area contributed by atoms with Crippen molar-refractivity contribution in [1.29, 1.82) is 0 Å². The van der Waals surface area contributed by atoms with Crippen molar-refractivity contribution in [2.75, 3.05) is 6.54 Å². The molecule has 2 aromatic rings. The molecular formula is C19H17NO. The average Bonchev–Trinajstić information content (AvgIpc) is 3.02. The first kappa shape index (κ1) is 12.5. The number of nitrogens with one attached hydrogen (secondary N) is 1. The molecule has 1 N–H and O–H groups in total. The Labute approximate surface area is 124 Å². The second-order valence-corrected chi connectivity index (χ2v) is 5.80. The lowest BCUT2D eigenvalue weighted by Crippen LogP contribution is -2.48. The number of Topliss-reactive ketones (excluding diaryl/α,β-unsaturated/α-hetero) is 1. The summed E-state index contributed by atoms with van der Waals surface area (Å²) in [7, 11) is 0. The van der Waals surface area contributed by atoms with Crippen LogP contribution in [-0.4, -0.2) is 17.9 Å². The van der Waals surface area contributed by atoms with E-state index in [1.165, 1.54) is 11.1 Å². The minimum absolute atomic E-state index is 0.218. The molecule has 1 fully saturated rings. The molecule has 2 aliphatic rings. The van der Waals surface area contributed by atoms with Crippen molar-refractivity contribution < 1.29 is 4.79 Å². The number of hydrogen-bond donors (Lipinski definition) is 1. The summed E-state index contributed by atoms with van der Waals surface area (Å²) in [4.78, 5) is 12.9. The van der Waals surface area contributed by atoms with E-state index in [-0.39, 0.29) is 5.78 Å². The van der Waals surface area contributed by atoms with E-state index < -0.39 is 5.54 Å². The van der Waals surface area contributed by atoms with Crippen molar-refractivity contribution >= 4 is 11.4 Å². The lowest BCUT2D eigenvalue weighted by Gasteiger charge is -2.31. The van der Waals surface area contributed by atoms with Gasteiger partial charge in [-0.3, -0.25) is 4.79 Å². The summed E-state index contributed by atoms with van der Waals surface area (Å²) in [6.07, 6.45) is 4.09. The Morgan fingerprint density at radius 3 is 2.33 bits per heavy atom. The van der Waals surface area contributed by atoms with Gasteiger partial charge in [0.15, 0.2) is 5.78 Å². The molecule has 2 heteroatoms. The zero-order valence-electron chi connectivity index (χ0n) is 11.8. The molecule has 1 heterocycles. The van der Waals surface area contributed by atoms with Crippen LogP contribution in [0.4, 0.5) is 0 Å². The lowest BCUT2D eigenvalue weighted by molar-refractivity contribution is 0.0904. The maximum absolute atomic E-state index is 12.9. The van der Waals surface area contributed by atoms with Crippen molar-refractivity contribution in [2.45, 2.75) is 18.4 Å². The fourth-order valence-corrected chi connectivity index (χ4v) is 3.49. The number of benzene rings is 2. The molecule has 2 nitrogen and oxygen atoms in total. The van der Waals surface area contributed by atoms with Gasteiger partial charge < -0.3 is 5.32 Å². The van der Waals surface area contributed by atoms with Gasteiger partial charge in [0.2, 0.25) is 0 Å². The molecule has 21 heavy (non-hydrogen) atoms. The van der Waals surface area contributed by atoms with Gasteiger partial charge in [-0.25, -0.2) is 0 Å². The number of ketones is 1. The molecule has 104 valence electrons. The molecule has 0 radical (unpaired) electrons. The Kier molecular flexibility index (Phi) is 2.79. The molecule has 1 aliphatic carbocycles. The Morgan fingerprint density at radius 2 is 1.62 bits per heavy atom. The summed E-state index contributed by atoms with van der Waals surface area (Å²) in [5.74, 6) is 0.218. The van der Waals surface area contributed by atoms with Gasteiger partial charge in [0.1, 0.15) is 5.54 Å². The zero-order valence-corrected chi connectivity index (χ0v) is 11.8.